The highest BCUT2D eigenvalue weighted by Gasteiger charge is 2.42. The molecule has 3 rings (SSSR count). The van der Waals surface area contributed by atoms with E-state index in [1.54, 1.807) is 36.1 Å². The molecule has 1 unspecified atom stereocenters. The standard InChI is InChI=1S/C23H27FN4O5/c1-4-33-26-21(32-3)19(24)18-15(2)25-14-17(18)20(29)23(31)28-12-10-27(11-13-28)22(30)16-8-6-5-7-9-16/h5-9,14,18-19,25H,2,4,10-13H2,1,3H3/b26-21+/t18?,19-/m1/s1. The molecule has 1 fully saturated rings. The van der Waals surface area contributed by atoms with Crippen LogP contribution in [0, 0.1) is 5.92 Å². The van der Waals surface area contributed by atoms with Gasteiger partial charge in [-0.3, -0.25) is 14.4 Å². The highest BCUT2D eigenvalue weighted by atomic mass is 19.1. The fraction of sp³-hybridized carbons (Fsp3) is 0.391. The number of hydrogen-bond acceptors (Lipinski definition) is 7. The average Bonchev–Trinajstić information content (AvgIpc) is 3.24. The number of carbonyl (C=O) groups is 3. The molecule has 9 nitrogen and oxygen atoms in total. The maximum atomic E-state index is 15.2. The van der Waals surface area contributed by atoms with Gasteiger partial charge in [-0.25, -0.2) is 4.39 Å². The fourth-order valence-electron chi connectivity index (χ4n) is 3.69. The number of ether oxygens (including phenoxy) is 1. The number of oxime groups is 1. The lowest BCUT2D eigenvalue weighted by Gasteiger charge is -2.34. The van der Waals surface area contributed by atoms with Crippen LogP contribution in [0.4, 0.5) is 4.39 Å². The molecule has 1 N–H and O–H groups in total. The smallest absolute Gasteiger partial charge is 0.294 e. The number of methoxy groups -OCH3 is 1. The Morgan fingerprint density at radius 3 is 2.42 bits per heavy atom. The number of benzene rings is 1. The van der Waals surface area contributed by atoms with Crippen molar-refractivity contribution in [1.29, 1.82) is 0 Å². The van der Waals surface area contributed by atoms with Gasteiger partial charge in [0.2, 0.25) is 5.78 Å². The summed E-state index contributed by atoms with van der Waals surface area (Å²) in [5.41, 5.74) is 0.702. The molecule has 2 heterocycles. The Balaban J connectivity index is 1.65. The molecule has 0 aromatic heterocycles. The van der Waals surface area contributed by atoms with Crippen molar-refractivity contribution in [2.45, 2.75) is 13.1 Å². The lowest BCUT2D eigenvalue weighted by molar-refractivity contribution is -0.144. The van der Waals surface area contributed by atoms with Crippen LogP contribution in [0.25, 0.3) is 0 Å². The fourth-order valence-corrected chi connectivity index (χ4v) is 3.69. The van der Waals surface area contributed by atoms with Crippen LogP contribution in [0.2, 0.25) is 0 Å². The predicted molar refractivity (Wildman–Crippen MR) is 119 cm³/mol. The number of alkyl halides is 1. The van der Waals surface area contributed by atoms with Crippen molar-refractivity contribution >= 4 is 23.5 Å². The third-order valence-corrected chi connectivity index (χ3v) is 5.48. The minimum Gasteiger partial charge on any atom is -0.480 e. The van der Waals surface area contributed by atoms with Gasteiger partial charge in [-0.1, -0.05) is 24.8 Å². The number of halogens is 1. The van der Waals surface area contributed by atoms with Gasteiger partial charge in [0.1, 0.15) is 6.61 Å². The molecular formula is C23H27FN4O5. The summed E-state index contributed by atoms with van der Waals surface area (Å²) in [5.74, 6) is -3.24. The number of rotatable bonds is 7. The summed E-state index contributed by atoms with van der Waals surface area (Å²) in [5, 5.41) is 6.32. The Morgan fingerprint density at radius 2 is 1.82 bits per heavy atom. The lowest BCUT2D eigenvalue weighted by atomic mass is 9.91. The molecule has 33 heavy (non-hydrogen) atoms. The number of allylic oxidation sites excluding steroid dienone is 1. The summed E-state index contributed by atoms with van der Waals surface area (Å²) in [6.45, 7) is 6.61. The second kappa shape index (κ2) is 10.8. The third-order valence-electron chi connectivity index (χ3n) is 5.48. The first-order valence-corrected chi connectivity index (χ1v) is 10.6. The molecule has 176 valence electrons. The maximum absolute atomic E-state index is 15.2. The van der Waals surface area contributed by atoms with E-state index in [1.165, 1.54) is 18.2 Å². The Hall–Kier alpha value is -3.69. The van der Waals surface area contributed by atoms with Crippen molar-refractivity contribution in [3.05, 3.63) is 59.9 Å². The minimum atomic E-state index is -1.87. The molecule has 1 aromatic rings. The highest BCUT2D eigenvalue weighted by Crippen LogP contribution is 2.31. The van der Waals surface area contributed by atoms with Crippen molar-refractivity contribution in [1.82, 2.24) is 15.1 Å². The molecule has 1 saturated heterocycles. The summed E-state index contributed by atoms with van der Waals surface area (Å²) in [4.78, 5) is 46.3. The monoisotopic (exact) mass is 458 g/mol. The van der Waals surface area contributed by atoms with Crippen LogP contribution in [-0.2, 0) is 19.2 Å². The molecule has 2 aliphatic rings. The van der Waals surface area contributed by atoms with Gasteiger partial charge >= 0.3 is 0 Å². The Kier molecular flexibility index (Phi) is 7.81. The zero-order chi connectivity index (χ0) is 24.0. The van der Waals surface area contributed by atoms with E-state index >= 15 is 4.39 Å². The largest absolute Gasteiger partial charge is 0.480 e. The molecule has 1 aromatic carbocycles. The molecule has 0 bridgehead atoms. The number of hydrogen-bond donors (Lipinski definition) is 1. The highest BCUT2D eigenvalue weighted by molar-refractivity contribution is 6.43. The Morgan fingerprint density at radius 1 is 1.18 bits per heavy atom. The van der Waals surface area contributed by atoms with E-state index in [2.05, 4.69) is 17.1 Å². The topological polar surface area (TPSA) is 101 Å². The first kappa shape index (κ1) is 24.0. The number of nitrogens with one attached hydrogen (secondary N) is 1. The van der Waals surface area contributed by atoms with Crippen molar-refractivity contribution < 1.29 is 28.3 Å². The average molecular weight is 458 g/mol. The van der Waals surface area contributed by atoms with Crippen LogP contribution in [0.1, 0.15) is 17.3 Å². The van der Waals surface area contributed by atoms with Gasteiger partial charge in [-0.2, -0.15) is 0 Å². The van der Waals surface area contributed by atoms with Crippen molar-refractivity contribution in [2.24, 2.45) is 11.1 Å². The molecule has 10 heteroatoms. The number of carbonyl (C=O) groups excluding carboxylic acids is 3. The molecule has 2 atom stereocenters. The van der Waals surface area contributed by atoms with Crippen molar-refractivity contribution in [2.75, 3.05) is 39.9 Å². The van der Waals surface area contributed by atoms with E-state index in [4.69, 9.17) is 9.57 Å². The number of nitrogens with zero attached hydrogens (tertiary/aromatic N) is 3. The number of Topliss-reactive ketones (excluding diaryl/α,β-unsaturated/α-hetero) is 1. The second-order valence-electron chi connectivity index (χ2n) is 7.48. The van der Waals surface area contributed by atoms with E-state index in [1.807, 2.05) is 6.07 Å². The van der Waals surface area contributed by atoms with E-state index in [-0.39, 0.29) is 42.8 Å². The quantitative estimate of drug-likeness (QED) is 0.288. The number of amides is 2. The van der Waals surface area contributed by atoms with Gasteiger partial charge in [-0.15, -0.1) is 0 Å². The zero-order valence-electron chi connectivity index (χ0n) is 18.6. The molecule has 0 aliphatic carbocycles. The Labute approximate surface area is 191 Å². The van der Waals surface area contributed by atoms with Crippen molar-refractivity contribution in [3.8, 4) is 0 Å². The van der Waals surface area contributed by atoms with Gasteiger partial charge in [-0.05, 0) is 24.2 Å². The van der Waals surface area contributed by atoms with Gasteiger partial charge < -0.3 is 24.7 Å². The molecule has 2 aliphatic heterocycles. The zero-order valence-corrected chi connectivity index (χ0v) is 18.6. The molecule has 0 saturated carbocycles. The van der Waals surface area contributed by atoms with Crippen LogP contribution in [0.3, 0.4) is 0 Å². The lowest BCUT2D eigenvalue weighted by Crippen LogP contribution is -2.52. The summed E-state index contributed by atoms with van der Waals surface area (Å²) < 4.78 is 20.1. The molecule has 2 amide bonds. The van der Waals surface area contributed by atoms with Gasteiger partial charge in [0.05, 0.1) is 13.0 Å². The Bertz CT molecular complexity index is 970. The number of piperazine rings is 1. The van der Waals surface area contributed by atoms with Gasteiger partial charge in [0, 0.05) is 49.2 Å². The summed E-state index contributed by atoms with van der Waals surface area (Å²) in [6.07, 6.45) is -0.587. The van der Waals surface area contributed by atoms with E-state index in [0.717, 1.165) is 0 Å². The van der Waals surface area contributed by atoms with Crippen LogP contribution in [0.5, 0.6) is 0 Å². The summed E-state index contributed by atoms with van der Waals surface area (Å²) >= 11 is 0. The van der Waals surface area contributed by atoms with E-state index < -0.39 is 23.8 Å². The first-order valence-electron chi connectivity index (χ1n) is 10.6. The van der Waals surface area contributed by atoms with Gasteiger partial charge in [0.25, 0.3) is 17.7 Å². The summed E-state index contributed by atoms with van der Waals surface area (Å²) in [6, 6.07) is 8.85. The number of ketones is 1. The van der Waals surface area contributed by atoms with Crippen LogP contribution in [-0.4, -0.2) is 79.4 Å². The summed E-state index contributed by atoms with van der Waals surface area (Å²) in [7, 11) is 1.24. The SMILES string of the molecule is C=C1NC=C(C(=O)C(=O)N2CCN(C(=O)c3ccccc3)CC2)C1[C@@H](F)/C(=N\OCC)OC. The van der Waals surface area contributed by atoms with Crippen LogP contribution < -0.4 is 5.32 Å². The maximum Gasteiger partial charge on any atom is 0.294 e. The van der Waals surface area contributed by atoms with E-state index in [9.17, 15) is 14.4 Å². The van der Waals surface area contributed by atoms with Crippen LogP contribution >= 0.6 is 0 Å². The first-order chi connectivity index (χ1) is 15.9. The second-order valence-corrected chi connectivity index (χ2v) is 7.48. The van der Waals surface area contributed by atoms with Crippen molar-refractivity contribution in [3.63, 3.8) is 0 Å². The molecular weight excluding hydrogens is 431 g/mol. The van der Waals surface area contributed by atoms with Gasteiger partial charge in [0.15, 0.2) is 6.17 Å². The predicted octanol–water partition coefficient (Wildman–Crippen LogP) is 1.49. The third kappa shape index (κ3) is 5.21. The minimum absolute atomic E-state index is 0.0680. The molecule has 0 radical (unpaired) electrons. The molecule has 0 spiro atoms. The normalized spacial score (nSPS) is 19.5. The van der Waals surface area contributed by atoms with Crippen LogP contribution in [0.15, 0.2) is 59.5 Å². The van der Waals surface area contributed by atoms with E-state index in [0.29, 0.717) is 18.7 Å².